The van der Waals surface area contributed by atoms with Gasteiger partial charge in [-0.15, -0.1) is 0 Å². The van der Waals surface area contributed by atoms with Crippen LogP contribution in [-0.4, -0.2) is 16.8 Å². The van der Waals surface area contributed by atoms with Gasteiger partial charge in [-0.25, -0.2) is 8.78 Å². The number of hydrogen-bond donors (Lipinski definition) is 0. The van der Waals surface area contributed by atoms with E-state index in [-0.39, 0.29) is 9.79 Å². The third-order valence-corrected chi connectivity index (χ3v) is 11.2. The second kappa shape index (κ2) is 12.0. The van der Waals surface area contributed by atoms with Gasteiger partial charge in [0.25, 0.3) is 0 Å². The Balaban J connectivity index is 1.36. The van der Waals surface area contributed by atoms with Gasteiger partial charge >= 0.3 is 20.2 Å². The smallest absolute Gasteiger partial charge is 0.339 e. The maximum atomic E-state index is 16.0. The van der Waals surface area contributed by atoms with Gasteiger partial charge < -0.3 is 8.37 Å². The molecule has 0 saturated carbocycles. The molecule has 7 rings (SSSR count). The normalized spacial score (nSPS) is 13.4. The molecule has 6 nitrogen and oxygen atoms in total. The van der Waals surface area contributed by atoms with Crippen molar-refractivity contribution in [3.8, 4) is 22.6 Å². The summed E-state index contributed by atoms with van der Waals surface area (Å²) in [6.07, 6.45) is 0. The minimum atomic E-state index is -4.35. The van der Waals surface area contributed by atoms with Crippen molar-refractivity contribution in [2.75, 3.05) is 0 Å². The van der Waals surface area contributed by atoms with Crippen molar-refractivity contribution in [1.29, 1.82) is 0 Å². The zero-order valence-electron chi connectivity index (χ0n) is 26.2. The first-order chi connectivity index (χ1) is 23.4. The third-order valence-electron chi connectivity index (χ3n) is 8.70. The SMILES string of the molecule is Cc1ccc(S(=O)(=O)Oc2ccc(C3(c4ccc(OS(=O)(=O)c5ccc(C)cc5)c(F)c4)c4ccccc4-c4ccccc43)cc2F)cc1. The third kappa shape index (κ3) is 5.56. The standard InChI is InChI=1S/C39H28F2O6S2/c1-25-11-17-29(18-12-25)48(42,43)46-37-21-15-27(23-35(37)40)39(33-9-5-3-7-31(33)32-8-4-6-10-34(32)39)28-16-22-38(36(41)24-28)47-49(44,45)30-19-13-26(2)14-20-30/h3-24H,1-2H3. The lowest BCUT2D eigenvalue weighted by atomic mass is 9.67. The molecule has 0 N–H and O–H groups in total. The maximum absolute atomic E-state index is 16.0. The molecule has 6 aromatic rings. The summed E-state index contributed by atoms with van der Waals surface area (Å²) < 4.78 is 94.5. The summed E-state index contributed by atoms with van der Waals surface area (Å²) >= 11 is 0. The van der Waals surface area contributed by atoms with E-state index >= 15 is 8.78 Å². The average Bonchev–Trinajstić information content (AvgIpc) is 3.38. The van der Waals surface area contributed by atoms with E-state index in [2.05, 4.69) is 0 Å². The summed E-state index contributed by atoms with van der Waals surface area (Å²) in [5.41, 5.74) is 4.24. The summed E-state index contributed by atoms with van der Waals surface area (Å²) in [4.78, 5) is -0.252. The molecule has 0 bridgehead atoms. The Bertz CT molecular complexity index is 2290. The Morgan fingerprint density at radius 2 is 0.857 bits per heavy atom. The van der Waals surface area contributed by atoms with Crippen LogP contribution < -0.4 is 8.37 Å². The van der Waals surface area contributed by atoms with Gasteiger partial charge in [-0.05, 0) is 95.8 Å². The van der Waals surface area contributed by atoms with Crippen molar-refractivity contribution in [3.63, 3.8) is 0 Å². The van der Waals surface area contributed by atoms with Gasteiger partial charge in [0.15, 0.2) is 23.1 Å². The molecule has 0 atom stereocenters. The molecule has 0 aromatic heterocycles. The van der Waals surface area contributed by atoms with Crippen LogP contribution in [0.3, 0.4) is 0 Å². The second-order valence-electron chi connectivity index (χ2n) is 11.8. The van der Waals surface area contributed by atoms with Crippen molar-refractivity contribution in [3.05, 3.63) is 178 Å². The van der Waals surface area contributed by atoms with Gasteiger partial charge in [0.2, 0.25) is 0 Å². The second-order valence-corrected chi connectivity index (χ2v) is 14.9. The van der Waals surface area contributed by atoms with E-state index in [0.29, 0.717) is 11.1 Å². The van der Waals surface area contributed by atoms with Gasteiger partial charge in [0.05, 0.1) is 5.41 Å². The molecule has 1 aliphatic rings. The minimum absolute atomic E-state index is 0.126. The molecule has 0 unspecified atom stereocenters. The number of aryl methyl sites for hydroxylation is 2. The van der Waals surface area contributed by atoms with E-state index in [1.807, 2.05) is 62.4 Å². The van der Waals surface area contributed by atoms with E-state index in [4.69, 9.17) is 8.37 Å². The molecule has 49 heavy (non-hydrogen) atoms. The molecule has 0 radical (unpaired) electrons. The maximum Gasteiger partial charge on any atom is 0.339 e. The molecule has 0 spiro atoms. The van der Waals surface area contributed by atoms with Crippen molar-refractivity contribution in [2.24, 2.45) is 0 Å². The first kappa shape index (κ1) is 32.2. The predicted octanol–water partition coefficient (Wildman–Crippen LogP) is 8.48. The zero-order chi connectivity index (χ0) is 34.6. The van der Waals surface area contributed by atoms with Crippen LogP contribution >= 0.6 is 0 Å². The Kier molecular flexibility index (Phi) is 7.88. The van der Waals surface area contributed by atoms with Crippen LogP contribution in [0.4, 0.5) is 8.78 Å². The largest absolute Gasteiger partial charge is 0.376 e. The Morgan fingerprint density at radius 1 is 0.490 bits per heavy atom. The van der Waals surface area contributed by atoms with E-state index in [0.717, 1.165) is 33.4 Å². The number of hydrogen-bond acceptors (Lipinski definition) is 6. The molecule has 6 aromatic carbocycles. The molecule has 0 aliphatic heterocycles. The Labute approximate surface area is 283 Å². The molecular weight excluding hydrogens is 667 g/mol. The lowest BCUT2D eigenvalue weighted by Gasteiger charge is -2.34. The van der Waals surface area contributed by atoms with Crippen molar-refractivity contribution in [1.82, 2.24) is 0 Å². The van der Waals surface area contributed by atoms with Gasteiger partial charge in [0, 0.05) is 0 Å². The van der Waals surface area contributed by atoms with Gasteiger partial charge in [-0.1, -0.05) is 96.1 Å². The lowest BCUT2D eigenvalue weighted by molar-refractivity contribution is 0.460. The molecule has 246 valence electrons. The molecule has 1 aliphatic carbocycles. The summed E-state index contributed by atoms with van der Waals surface area (Å²) in [5, 5.41) is 0. The minimum Gasteiger partial charge on any atom is -0.376 e. The highest BCUT2D eigenvalue weighted by Gasteiger charge is 2.46. The summed E-state index contributed by atoms with van der Waals surface area (Å²) in [6.45, 7) is 3.62. The summed E-state index contributed by atoms with van der Waals surface area (Å²) in [5.74, 6) is -2.90. The predicted molar refractivity (Wildman–Crippen MR) is 182 cm³/mol. The number of benzene rings is 6. The zero-order valence-corrected chi connectivity index (χ0v) is 27.9. The van der Waals surface area contributed by atoms with Crippen molar-refractivity contribution < 1.29 is 34.0 Å². The fourth-order valence-corrected chi connectivity index (χ4v) is 8.24. The van der Waals surface area contributed by atoms with Crippen LogP contribution in [0.25, 0.3) is 11.1 Å². The van der Waals surface area contributed by atoms with Crippen molar-refractivity contribution >= 4 is 20.2 Å². The van der Waals surface area contributed by atoms with E-state index in [9.17, 15) is 16.8 Å². The fraction of sp³-hybridized carbons (Fsp3) is 0.0769. The van der Waals surface area contributed by atoms with Gasteiger partial charge in [0.1, 0.15) is 9.79 Å². The highest BCUT2D eigenvalue weighted by Crippen LogP contribution is 2.56. The van der Waals surface area contributed by atoms with Gasteiger partial charge in [-0.2, -0.15) is 16.8 Å². The highest BCUT2D eigenvalue weighted by molar-refractivity contribution is 7.87. The highest BCUT2D eigenvalue weighted by atomic mass is 32.2. The van der Waals surface area contributed by atoms with Crippen molar-refractivity contribution in [2.45, 2.75) is 29.1 Å². The lowest BCUT2D eigenvalue weighted by Crippen LogP contribution is -2.29. The van der Waals surface area contributed by atoms with Crippen LogP contribution in [0.2, 0.25) is 0 Å². The summed E-state index contributed by atoms with van der Waals surface area (Å²) in [7, 11) is -8.70. The molecule has 10 heteroatoms. The number of fused-ring (bicyclic) bond motifs is 3. The topological polar surface area (TPSA) is 86.7 Å². The first-order valence-electron chi connectivity index (χ1n) is 15.2. The fourth-order valence-electron chi connectivity index (χ4n) is 6.37. The Morgan fingerprint density at radius 3 is 1.22 bits per heavy atom. The van der Waals surface area contributed by atoms with Crippen LogP contribution in [0.5, 0.6) is 11.5 Å². The van der Waals surface area contributed by atoms with Crippen LogP contribution in [0.1, 0.15) is 33.4 Å². The molecule has 0 amide bonds. The Hall–Kier alpha value is -5.32. The summed E-state index contributed by atoms with van der Waals surface area (Å²) in [6, 6.07) is 34.9. The number of halogens is 2. The first-order valence-corrected chi connectivity index (χ1v) is 18.0. The van der Waals surface area contributed by atoms with Crippen LogP contribution in [-0.2, 0) is 25.7 Å². The molecular formula is C39H28F2O6S2. The van der Waals surface area contributed by atoms with Gasteiger partial charge in [-0.3, -0.25) is 0 Å². The van der Waals surface area contributed by atoms with E-state index < -0.39 is 48.8 Å². The molecule has 0 fully saturated rings. The van der Waals surface area contributed by atoms with Crippen LogP contribution in [0, 0.1) is 25.5 Å². The quantitative estimate of drug-likeness (QED) is 0.148. The monoisotopic (exact) mass is 694 g/mol. The molecule has 0 saturated heterocycles. The van der Waals surface area contributed by atoms with E-state index in [1.165, 1.54) is 48.5 Å². The average molecular weight is 695 g/mol. The number of rotatable bonds is 8. The van der Waals surface area contributed by atoms with E-state index in [1.54, 1.807) is 36.4 Å². The molecule has 0 heterocycles. The van der Waals surface area contributed by atoms with Crippen LogP contribution in [0.15, 0.2) is 143 Å².